The van der Waals surface area contributed by atoms with Crippen LogP contribution in [0.4, 0.5) is 0 Å². The first-order valence-electron chi connectivity index (χ1n) is 6.50. The van der Waals surface area contributed by atoms with E-state index in [1.807, 2.05) is 13.8 Å². The van der Waals surface area contributed by atoms with Crippen molar-refractivity contribution in [1.29, 1.82) is 0 Å². The van der Waals surface area contributed by atoms with Crippen molar-refractivity contribution in [2.24, 2.45) is 5.41 Å². The van der Waals surface area contributed by atoms with Crippen LogP contribution < -0.4 is 10.6 Å². The molecule has 0 aliphatic heterocycles. The number of methoxy groups -OCH3 is 1. The number of hydrogen-bond donors (Lipinski definition) is 3. The maximum absolute atomic E-state index is 11.6. The maximum atomic E-state index is 11.6. The first-order valence-corrected chi connectivity index (χ1v) is 6.50. The lowest BCUT2D eigenvalue weighted by atomic mass is 9.87. The van der Waals surface area contributed by atoms with Crippen molar-refractivity contribution in [2.45, 2.75) is 40.2 Å². The Balaban J connectivity index is 0. The van der Waals surface area contributed by atoms with Gasteiger partial charge in [-0.25, -0.2) is 0 Å². The summed E-state index contributed by atoms with van der Waals surface area (Å²) in [5.74, 6) is -0.646. The molecular formula is C13H28N2O4. The summed E-state index contributed by atoms with van der Waals surface area (Å²) in [7, 11) is 3.04. The highest BCUT2D eigenvalue weighted by Gasteiger charge is 2.33. The Morgan fingerprint density at radius 3 is 2.26 bits per heavy atom. The Bertz CT molecular complexity index is 267. The Labute approximate surface area is 115 Å². The molecule has 0 aromatic rings. The molecule has 0 unspecified atom stereocenters. The third-order valence-corrected chi connectivity index (χ3v) is 2.44. The van der Waals surface area contributed by atoms with E-state index < -0.39 is 17.4 Å². The molecule has 0 fully saturated rings. The summed E-state index contributed by atoms with van der Waals surface area (Å²) in [5, 5.41) is 14.8. The molecule has 0 aliphatic carbocycles. The van der Waals surface area contributed by atoms with Gasteiger partial charge in [0, 0.05) is 32.5 Å². The van der Waals surface area contributed by atoms with E-state index in [0.717, 1.165) is 0 Å². The van der Waals surface area contributed by atoms with E-state index >= 15 is 0 Å². The zero-order valence-corrected chi connectivity index (χ0v) is 12.9. The van der Waals surface area contributed by atoms with Crippen LogP contribution in [0.25, 0.3) is 0 Å². The van der Waals surface area contributed by atoms with Gasteiger partial charge in [-0.05, 0) is 0 Å². The van der Waals surface area contributed by atoms with Crippen molar-refractivity contribution in [3.8, 4) is 0 Å². The van der Waals surface area contributed by atoms with E-state index in [1.165, 1.54) is 14.2 Å². The smallest absolute Gasteiger partial charge is 0.249 e. The highest BCUT2D eigenvalue weighted by Crippen LogP contribution is 2.20. The topological polar surface area (TPSA) is 87.7 Å². The van der Waals surface area contributed by atoms with Crippen LogP contribution in [-0.4, -0.2) is 50.3 Å². The number of aliphatic hydroxyl groups excluding tert-OH is 1. The summed E-state index contributed by atoms with van der Waals surface area (Å²) in [6.45, 7) is 7.95. The lowest BCUT2D eigenvalue weighted by Crippen LogP contribution is -2.46. The molecule has 3 N–H and O–H groups in total. The largest absolute Gasteiger partial charge is 0.384 e. The fourth-order valence-electron chi connectivity index (χ4n) is 1.33. The van der Waals surface area contributed by atoms with Gasteiger partial charge in [0.25, 0.3) is 0 Å². The average Bonchev–Trinajstić information content (AvgIpc) is 2.39. The van der Waals surface area contributed by atoms with Gasteiger partial charge in [0.15, 0.2) is 0 Å². The molecule has 0 bridgehead atoms. The van der Waals surface area contributed by atoms with Crippen molar-refractivity contribution in [3.05, 3.63) is 0 Å². The van der Waals surface area contributed by atoms with E-state index in [-0.39, 0.29) is 25.5 Å². The molecule has 6 heteroatoms. The van der Waals surface area contributed by atoms with Crippen molar-refractivity contribution >= 4 is 11.8 Å². The van der Waals surface area contributed by atoms with Crippen LogP contribution >= 0.6 is 0 Å². The molecule has 0 aliphatic rings. The fourth-order valence-corrected chi connectivity index (χ4v) is 1.33. The molecule has 0 aromatic carbocycles. The van der Waals surface area contributed by atoms with Gasteiger partial charge in [0.05, 0.1) is 6.61 Å². The van der Waals surface area contributed by atoms with Gasteiger partial charge < -0.3 is 20.5 Å². The van der Waals surface area contributed by atoms with Crippen LogP contribution in [0.1, 0.15) is 34.1 Å². The van der Waals surface area contributed by atoms with Crippen LogP contribution in [-0.2, 0) is 14.3 Å². The first-order chi connectivity index (χ1) is 8.85. The molecule has 0 saturated carbocycles. The first kappa shape index (κ1) is 20.2. The number of nitrogens with one attached hydrogen (secondary N) is 2. The zero-order valence-electron chi connectivity index (χ0n) is 12.9. The van der Waals surface area contributed by atoms with Gasteiger partial charge in [-0.1, -0.05) is 27.7 Å². The van der Waals surface area contributed by atoms with Crippen LogP contribution in [0.3, 0.4) is 0 Å². The lowest BCUT2D eigenvalue weighted by Gasteiger charge is -2.28. The van der Waals surface area contributed by atoms with E-state index in [1.54, 1.807) is 13.8 Å². The molecule has 0 saturated heterocycles. The van der Waals surface area contributed by atoms with Gasteiger partial charge in [0.2, 0.25) is 11.8 Å². The predicted molar refractivity (Wildman–Crippen MR) is 74.7 cm³/mol. The van der Waals surface area contributed by atoms with Crippen molar-refractivity contribution < 1.29 is 19.4 Å². The highest BCUT2D eigenvalue weighted by molar-refractivity contribution is 5.82. The van der Waals surface area contributed by atoms with Crippen molar-refractivity contribution in [3.63, 3.8) is 0 Å². The minimum Gasteiger partial charge on any atom is -0.384 e. The highest BCUT2D eigenvalue weighted by atomic mass is 16.5. The van der Waals surface area contributed by atoms with Gasteiger partial charge in [-0.3, -0.25) is 9.59 Å². The van der Waals surface area contributed by atoms with Gasteiger partial charge in [-0.2, -0.15) is 0 Å². The molecule has 0 radical (unpaired) electrons. The normalized spacial score (nSPS) is 11.9. The Morgan fingerprint density at radius 1 is 1.32 bits per heavy atom. The number of aliphatic hydroxyl groups is 1. The van der Waals surface area contributed by atoms with Crippen LogP contribution in [0, 0.1) is 5.41 Å². The summed E-state index contributed by atoms with van der Waals surface area (Å²) in [4.78, 5) is 22.5. The van der Waals surface area contributed by atoms with E-state index in [9.17, 15) is 14.7 Å². The monoisotopic (exact) mass is 276 g/mol. The van der Waals surface area contributed by atoms with E-state index in [4.69, 9.17) is 4.74 Å². The van der Waals surface area contributed by atoms with Gasteiger partial charge in [-0.15, -0.1) is 0 Å². The van der Waals surface area contributed by atoms with Crippen molar-refractivity contribution in [2.75, 3.05) is 27.3 Å². The molecule has 19 heavy (non-hydrogen) atoms. The molecule has 0 aromatic heterocycles. The number of rotatable bonds is 7. The summed E-state index contributed by atoms with van der Waals surface area (Å²) in [6, 6.07) is 0. The van der Waals surface area contributed by atoms with Gasteiger partial charge >= 0.3 is 0 Å². The van der Waals surface area contributed by atoms with Crippen LogP contribution in [0.15, 0.2) is 0 Å². The number of ether oxygens (including phenoxy) is 1. The average molecular weight is 276 g/mol. The van der Waals surface area contributed by atoms with Crippen LogP contribution in [0.2, 0.25) is 0 Å². The Hall–Kier alpha value is -1.14. The summed E-state index contributed by atoms with van der Waals surface area (Å²) >= 11 is 0. The molecular weight excluding hydrogens is 248 g/mol. The molecule has 0 spiro atoms. The maximum Gasteiger partial charge on any atom is 0.249 e. The third-order valence-electron chi connectivity index (χ3n) is 2.44. The molecule has 6 nitrogen and oxygen atoms in total. The minimum absolute atomic E-state index is 0.157. The summed E-state index contributed by atoms with van der Waals surface area (Å²) < 4.78 is 4.93. The van der Waals surface area contributed by atoms with E-state index in [2.05, 4.69) is 10.6 Å². The number of amides is 2. The molecule has 0 rings (SSSR count). The second-order valence-corrected chi connectivity index (χ2v) is 4.54. The molecule has 0 heterocycles. The quantitative estimate of drug-likeness (QED) is 0.624. The molecule has 114 valence electrons. The van der Waals surface area contributed by atoms with Gasteiger partial charge in [0.1, 0.15) is 6.10 Å². The fraction of sp³-hybridized carbons (Fsp3) is 0.846. The number of carbonyl (C=O) groups excluding carboxylic acids is 2. The predicted octanol–water partition coefficient (Wildman–Crippen LogP) is 0.298. The minimum atomic E-state index is -1.16. The standard InChI is InChI=1S/C11H22N2O4.C2H6/c1-11(2,7-17-4)9(15)10(16)13-6-5-8(14)12-3;1-2/h9,15H,5-7H2,1-4H3,(H,12,14)(H,13,16);1-2H3/t9-;/m0./s1. The Morgan fingerprint density at radius 2 is 1.84 bits per heavy atom. The second kappa shape index (κ2) is 10.8. The Kier molecular flexibility index (Phi) is 11.4. The number of carbonyl (C=O) groups is 2. The number of hydrogen-bond acceptors (Lipinski definition) is 4. The third kappa shape index (κ3) is 8.56. The summed E-state index contributed by atoms with van der Waals surface area (Å²) in [6.07, 6.45) is -0.966. The van der Waals surface area contributed by atoms with E-state index in [0.29, 0.717) is 0 Å². The SMILES string of the molecule is CC.CNC(=O)CCNC(=O)[C@H](O)C(C)(C)COC. The lowest BCUT2D eigenvalue weighted by molar-refractivity contribution is -0.137. The molecule has 1 atom stereocenters. The zero-order chi connectivity index (χ0) is 15.5. The summed E-state index contributed by atoms with van der Waals surface area (Å²) in [5.41, 5.74) is -0.661. The second-order valence-electron chi connectivity index (χ2n) is 4.54. The van der Waals surface area contributed by atoms with Crippen molar-refractivity contribution in [1.82, 2.24) is 10.6 Å². The molecule has 2 amide bonds. The van der Waals surface area contributed by atoms with Crippen LogP contribution in [0.5, 0.6) is 0 Å².